The maximum atomic E-state index is 11.4. The molecule has 0 unspecified atom stereocenters. The average Bonchev–Trinajstić information content (AvgIpc) is 2.69. The zero-order valence-corrected chi connectivity index (χ0v) is 19.0. The molecule has 8 nitrogen and oxygen atoms in total. The number of ether oxygens (including phenoxy) is 5. The van der Waals surface area contributed by atoms with Crippen molar-refractivity contribution in [2.24, 2.45) is 0 Å². The van der Waals surface area contributed by atoms with Crippen LogP contribution in [0.3, 0.4) is 0 Å². The van der Waals surface area contributed by atoms with Crippen LogP contribution in [-0.2, 0) is 40.2 Å². The molecule has 9 heteroatoms. The molecular formula is C21H36O8S. The molecule has 0 aliphatic heterocycles. The van der Waals surface area contributed by atoms with Gasteiger partial charge in [0.05, 0.1) is 64.4 Å². The average molecular weight is 449 g/mol. The molecule has 0 aromatic heterocycles. The van der Waals surface area contributed by atoms with Gasteiger partial charge >= 0.3 is 0 Å². The molecule has 1 aromatic carbocycles. The Balaban J connectivity index is 1.95. The molecule has 0 bridgehead atoms. The lowest BCUT2D eigenvalue weighted by molar-refractivity contribution is -0.0110. The number of unbranched alkanes of at least 4 members (excludes halogenated alkanes) is 1. The summed E-state index contributed by atoms with van der Waals surface area (Å²) in [7, 11) is -4.23. The van der Waals surface area contributed by atoms with Gasteiger partial charge in [0.2, 0.25) is 0 Å². The summed E-state index contributed by atoms with van der Waals surface area (Å²) in [5.41, 5.74) is 1.47. The second kappa shape index (κ2) is 16.6. The van der Waals surface area contributed by atoms with Crippen LogP contribution in [0.4, 0.5) is 0 Å². The Hall–Kier alpha value is -1.07. The summed E-state index contributed by atoms with van der Waals surface area (Å²) in [5.74, 6) is 0. The van der Waals surface area contributed by atoms with Crippen molar-refractivity contribution in [1.82, 2.24) is 0 Å². The third kappa shape index (κ3) is 13.3. The molecule has 0 atom stereocenters. The zero-order valence-electron chi connectivity index (χ0n) is 18.1. The van der Waals surface area contributed by atoms with Crippen LogP contribution in [-0.4, -0.2) is 79.0 Å². The van der Waals surface area contributed by atoms with Gasteiger partial charge in [0.25, 0.3) is 10.1 Å². The van der Waals surface area contributed by atoms with E-state index >= 15 is 0 Å². The molecule has 0 saturated carbocycles. The molecule has 0 spiro atoms. The Bertz CT molecular complexity index is 663. The largest absolute Gasteiger partial charge is 0.379 e. The topological polar surface area (TPSA) is 101 Å². The van der Waals surface area contributed by atoms with E-state index in [-0.39, 0.29) is 4.90 Å². The van der Waals surface area contributed by atoms with E-state index in [1.165, 1.54) is 6.07 Å². The fourth-order valence-electron chi connectivity index (χ4n) is 2.57. The van der Waals surface area contributed by atoms with Crippen LogP contribution in [0.15, 0.2) is 23.1 Å². The van der Waals surface area contributed by atoms with Gasteiger partial charge in [-0.3, -0.25) is 4.55 Å². The minimum Gasteiger partial charge on any atom is -0.379 e. The predicted molar refractivity (Wildman–Crippen MR) is 114 cm³/mol. The van der Waals surface area contributed by atoms with Gasteiger partial charge in [-0.1, -0.05) is 31.0 Å². The van der Waals surface area contributed by atoms with E-state index in [0.717, 1.165) is 25.0 Å². The SMILES string of the molecule is CCCCOCCOCCOCCOCCOCCc1cc(C)ccc1S(=O)(=O)O. The van der Waals surface area contributed by atoms with Gasteiger partial charge in [0.15, 0.2) is 0 Å². The van der Waals surface area contributed by atoms with Gasteiger partial charge in [-0.25, -0.2) is 0 Å². The number of hydrogen-bond acceptors (Lipinski definition) is 7. The summed E-state index contributed by atoms with van der Waals surface area (Å²) in [5, 5.41) is 0. The predicted octanol–water partition coefficient (Wildman–Crippen LogP) is 2.67. The van der Waals surface area contributed by atoms with Gasteiger partial charge in [-0.05, 0) is 31.4 Å². The minimum atomic E-state index is -4.23. The smallest absolute Gasteiger partial charge is 0.294 e. The number of benzene rings is 1. The standard InChI is InChI=1S/C21H36O8S/c1-3-4-8-25-10-12-27-14-16-29-17-15-28-13-11-26-9-7-20-18-19(2)5-6-21(20)30(22,23)24/h5-6,18H,3-4,7-17H2,1-2H3,(H,22,23,24). The van der Waals surface area contributed by atoms with Crippen LogP contribution in [0.25, 0.3) is 0 Å². The normalized spacial score (nSPS) is 11.8. The molecule has 1 N–H and O–H groups in total. The summed E-state index contributed by atoms with van der Waals surface area (Å²) in [6.45, 7) is 9.13. The maximum absolute atomic E-state index is 11.4. The third-order valence-corrected chi connectivity index (χ3v) is 5.09. The lowest BCUT2D eigenvalue weighted by Crippen LogP contribution is -2.14. The molecular weight excluding hydrogens is 412 g/mol. The molecule has 0 heterocycles. The van der Waals surface area contributed by atoms with Gasteiger partial charge in [-0.2, -0.15) is 8.42 Å². The van der Waals surface area contributed by atoms with Gasteiger partial charge in [0, 0.05) is 6.61 Å². The Morgan fingerprint density at radius 1 is 0.767 bits per heavy atom. The second-order valence-corrected chi connectivity index (χ2v) is 8.14. The van der Waals surface area contributed by atoms with Crippen LogP contribution in [0.5, 0.6) is 0 Å². The third-order valence-electron chi connectivity index (χ3n) is 4.14. The Morgan fingerprint density at radius 2 is 1.23 bits per heavy atom. The van der Waals surface area contributed by atoms with E-state index in [0.29, 0.717) is 71.4 Å². The second-order valence-electron chi connectivity index (χ2n) is 6.75. The molecule has 0 fully saturated rings. The highest BCUT2D eigenvalue weighted by molar-refractivity contribution is 7.85. The van der Waals surface area contributed by atoms with Crippen molar-refractivity contribution in [3.8, 4) is 0 Å². The summed E-state index contributed by atoms with van der Waals surface area (Å²) in [6.07, 6.45) is 2.60. The van der Waals surface area contributed by atoms with E-state index in [2.05, 4.69) is 6.92 Å². The molecule has 0 saturated heterocycles. The van der Waals surface area contributed by atoms with Crippen molar-refractivity contribution in [3.05, 3.63) is 29.3 Å². The van der Waals surface area contributed by atoms with Crippen LogP contribution in [0.2, 0.25) is 0 Å². The highest BCUT2D eigenvalue weighted by Gasteiger charge is 2.15. The molecule has 1 rings (SSSR count). The molecule has 0 amide bonds. The first-order valence-electron chi connectivity index (χ1n) is 10.4. The van der Waals surface area contributed by atoms with Gasteiger partial charge < -0.3 is 23.7 Å². The Kier molecular flexibility index (Phi) is 14.9. The van der Waals surface area contributed by atoms with Crippen LogP contribution < -0.4 is 0 Å². The summed E-state index contributed by atoms with van der Waals surface area (Å²) >= 11 is 0. The highest BCUT2D eigenvalue weighted by Crippen LogP contribution is 2.17. The van der Waals surface area contributed by atoms with Crippen LogP contribution in [0.1, 0.15) is 30.9 Å². The van der Waals surface area contributed by atoms with Crippen LogP contribution in [0, 0.1) is 6.92 Å². The molecule has 1 aromatic rings. The first-order chi connectivity index (χ1) is 14.4. The maximum Gasteiger partial charge on any atom is 0.294 e. The van der Waals surface area contributed by atoms with Crippen molar-refractivity contribution in [3.63, 3.8) is 0 Å². The molecule has 0 aliphatic carbocycles. The monoisotopic (exact) mass is 448 g/mol. The highest BCUT2D eigenvalue weighted by atomic mass is 32.2. The molecule has 0 radical (unpaired) electrons. The zero-order chi connectivity index (χ0) is 22.1. The van der Waals surface area contributed by atoms with Crippen molar-refractivity contribution in [2.45, 2.75) is 38.0 Å². The summed E-state index contributed by atoms with van der Waals surface area (Å²) in [4.78, 5) is -0.0712. The molecule has 0 aliphatic rings. The summed E-state index contributed by atoms with van der Waals surface area (Å²) < 4.78 is 59.2. The van der Waals surface area contributed by atoms with Gasteiger partial charge in [0.1, 0.15) is 0 Å². The van der Waals surface area contributed by atoms with Crippen molar-refractivity contribution in [2.75, 3.05) is 66.1 Å². The van der Waals surface area contributed by atoms with E-state index in [1.807, 2.05) is 6.92 Å². The van der Waals surface area contributed by atoms with Crippen molar-refractivity contribution in [1.29, 1.82) is 0 Å². The minimum absolute atomic E-state index is 0.0712. The number of aryl methyl sites for hydroxylation is 1. The van der Waals surface area contributed by atoms with Gasteiger partial charge in [-0.15, -0.1) is 0 Å². The number of hydrogen-bond donors (Lipinski definition) is 1. The first-order valence-corrected chi connectivity index (χ1v) is 11.8. The van der Waals surface area contributed by atoms with E-state index < -0.39 is 10.1 Å². The summed E-state index contributed by atoms with van der Waals surface area (Å²) in [6, 6.07) is 4.80. The van der Waals surface area contributed by atoms with Crippen molar-refractivity contribution >= 4 is 10.1 Å². The van der Waals surface area contributed by atoms with E-state index in [4.69, 9.17) is 23.7 Å². The van der Waals surface area contributed by atoms with Crippen LogP contribution >= 0.6 is 0 Å². The van der Waals surface area contributed by atoms with E-state index in [1.54, 1.807) is 12.1 Å². The lowest BCUT2D eigenvalue weighted by Gasteiger charge is -2.10. The Morgan fingerprint density at radius 3 is 1.70 bits per heavy atom. The Labute approximate surface area is 180 Å². The fourth-order valence-corrected chi connectivity index (χ4v) is 3.30. The van der Waals surface area contributed by atoms with E-state index in [9.17, 15) is 13.0 Å². The number of rotatable bonds is 19. The lowest BCUT2D eigenvalue weighted by atomic mass is 10.1. The molecule has 174 valence electrons. The quantitative estimate of drug-likeness (QED) is 0.255. The molecule has 30 heavy (non-hydrogen) atoms. The van der Waals surface area contributed by atoms with Crippen molar-refractivity contribution < 1.29 is 36.7 Å². The first kappa shape index (κ1) is 27.0. The fraction of sp³-hybridized carbons (Fsp3) is 0.714.